The molecule has 2 heterocycles. The average Bonchev–Trinajstić information content (AvgIpc) is 2.84. The van der Waals surface area contributed by atoms with Crippen molar-refractivity contribution in [3.8, 4) is 0 Å². The van der Waals surface area contributed by atoms with Crippen molar-refractivity contribution in [2.45, 2.75) is 6.04 Å². The van der Waals surface area contributed by atoms with Crippen LogP contribution in [0, 0.1) is 11.8 Å². The Morgan fingerprint density at radius 2 is 2.10 bits per heavy atom. The van der Waals surface area contributed by atoms with Gasteiger partial charge in [0.2, 0.25) is 0 Å². The van der Waals surface area contributed by atoms with Crippen LogP contribution in [0.15, 0.2) is 24.6 Å². The number of fused-ring (bicyclic) bond motifs is 1. The lowest BCUT2D eigenvalue weighted by atomic mass is 9.66. The second kappa shape index (κ2) is 4.80. The molecule has 7 nitrogen and oxygen atoms in total. The molecule has 106 valence electrons. The van der Waals surface area contributed by atoms with Gasteiger partial charge in [-0.3, -0.25) is 0 Å². The van der Waals surface area contributed by atoms with Gasteiger partial charge in [-0.05, 0) is 5.57 Å². The monoisotopic (exact) mass is 279 g/mol. The van der Waals surface area contributed by atoms with Crippen LogP contribution in [0.4, 0.5) is 10.2 Å². The molecule has 0 radical (unpaired) electrons. The number of aliphatic hydroxyl groups is 2. The standard InChI is InChI=1S/C12H14FN5O2/c13-1-6-7(2-19)8(3-20)10(6)18-5-17-9-11(14)15-4-16-12(9)18/h1,4-5,7-8,10,19-20H,2-3H2,(H2,14,15,16)/b6-1-/t7-,8+,10+/m0/s1. The van der Waals surface area contributed by atoms with Gasteiger partial charge < -0.3 is 20.5 Å². The van der Waals surface area contributed by atoms with E-state index < -0.39 is 6.04 Å². The Kier molecular flexibility index (Phi) is 3.11. The van der Waals surface area contributed by atoms with Crippen molar-refractivity contribution in [3.05, 3.63) is 24.6 Å². The largest absolute Gasteiger partial charge is 0.396 e. The summed E-state index contributed by atoms with van der Waals surface area (Å²) in [4.78, 5) is 12.1. The third kappa shape index (κ3) is 1.61. The van der Waals surface area contributed by atoms with Crippen molar-refractivity contribution in [1.82, 2.24) is 19.5 Å². The van der Waals surface area contributed by atoms with Crippen molar-refractivity contribution in [2.75, 3.05) is 18.9 Å². The minimum Gasteiger partial charge on any atom is -0.396 e. The van der Waals surface area contributed by atoms with Crippen molar-refractivity contribution in [3.63, 3.8) is 0 Å². The van der Waals surface area contributed by atoms with E-state index in [9.17, 15) is 14.6 Å². The zero-order chi connectivity index (χ0) is 14.3. The SMILES string of the molecule is Nc1ncnc2c1ncn2[C@@H]1/C(=C\F)[C@H](CO)[C@H]1CO. The lowest BCUT2D eigenvalue weighted by molar-refractivity contribution is 0.0510. The van der Waals surface area contributed by atoms with Crippen LogP contribution in [-0.2, 0) is 0 Å². The fourth-order valence-electron chi connectivity index (χ4n) is 2.87. The van der Waals surface area contributed by atoms with Crippen LogP contribution in [0.5, 0.6) is 0 Å². The first-order chi connectivity index (χ1) is 9.72. The van der Waals surface area contributed by atoms with E-state index in [1.165, 1.54) is 12.7 Å². The highest BCUT2D eigenvalue weighted by Gasteiger charge is 2.47. The number of hydrogen-bond acceptors (Lipinski definition) is 6. The number of nitrogens with zero attached hydrogens (tertiary/aromatic N) is 4. The van der Waals surface area contributed by atoms with Crippen LogP contribution >= 0.6 is 0 Å². The predicted octanol–water partition coefficient (Wildman–Crippen LogP) is 0.0336. The lowest BCUT2D eigenvalue weighted by Gasteiger charge is -2.45. The molecule has 1 saturated carbocycles. The summed E-state index contributed by atoms with van der Waals surface area (Å²) in [6, 6.07) is -0.415. The van der Waals surface area contributed by atoms with Gasteiger partial charge in [-0.15, -0.1) is 0 Å². The highest BCUT2D eigenvalue weighted by Crippen LogP contribution is 2.49. The molecule has 20 heavy (non-hydrogen) atoms. The molecule has 2 aromatic rings. The molecular weight excluding hydrogens is 265 g/mol. The Labute approximate surface area is 113 Å². The third-order valence-corrected chi connectivity index (χ3v) is 3.91. The summed E-state index contributed by atoms with van der Waals surface area (Å²) in [6.45, 7) is -0.366. The number of rotatable bonds is 3. The van der Waals surface area contributed by atoms with Gasteiger partial charge in [0.05, 0.1) is 25.3 Å². The minimum absolute atomic E-state index is 0.159. The Hall–Kier alpha value is -2.06. The molecule has 3 rings (SSSR count). The summed E-state index contributed by atoms with van der Waals surface area (Å²) in [7, 11) is 0. The topological polar surface area (TPSA) is 110 Å². The number of hydrogen-bond donors (Lipinski definition) is 3. The molecule has 0 spiro atoms. The lowest BCUT2D eigenvalue weighted by Crippen LogP contribution is -2.45. The van der Waals surface area contributed by atoms with Gasteiger partial charge in [-0.1, -0.05) is 0 Å². The van der Waals surface area contributed by atoms with Gasteiger partial charge in [0.25, 0.3) is 0 Å². The number of nitrogens with two attached hydrogens (primary N) is 1. The second-order valence-electron chi connectivity index (χ2n) is 4.77. The van der Waals surface area contributed by atoms with Crippen molar-refractivity contribution in [1.29, 1.82) is 0 Å². The van der Waals surface area contributed by atoms with Crippen molar-refractivity contribution in [2.24, 2.45) is 11.8 Å². The van der Waals surface area contributed by atoms with Gasteiger partial charge in [-0.2, -0.15) is 0 Å². The fraction of sp³-hybridized carbons (Fsp3) is 0.417. The summed E-state index contributed by atoms with van der Waals surface area (Å²) in [5.41, 5.74) is 7.05. The molecule has 0 saturated heterocycles. The number of aliphatic hydroxyl groups excluding tert-OH is 2. The van der Waals surface area contributed by atoms with Gasteiger partial charge >= 0.3 is 0 Å². The van der Waals surface area contributed by atoms with Crippen LogP contribution < -0.4 is 5.73 Å². The highest BCUT2D eigenvalue weighted by molar-refractivity contribution is 5.81. The number of aromatic nitrogens is 4. The summed E-state index contributed by atoms with van der Waals surface area (Å²) in [5, 5.41) is 18.7. The molecule has 4 N–H and O–H groups in total. The molecule has 8 heteroatoms. The smallest absolute Gasteiger partial charge is 0.165 e. The number of nitrogen functional groups attached to an aromatic ring is 1. The van der Waals surface area contributed by atoms with Crippen LogP contribution in [0.3, 0.4) is 0 Å². The maximum absolute atomic E-state index is 13.1. The third-order valence-electron chi connectivity index (χ3n) is 3.91. The molecule has 1 aliphatic carbocycles. The van der Waals surface area contributed by atoms with E-state index in [4.69, 9.17) is 5.73 Å². The van der Waals surface area contributed by atoms with Crippen LogP contribution in [0.1, 0.15) is 6.04 Å². The van der Waals surface area contributed by atoms with Crippen LogP contribution in [0.25, 0.3) is 11.2 Å². The maximum atomic E-state index is 13.1. The van der Waals surface area contributed by atoms with Gasteiger partial charge in [0, 0.05) is 18.4 Å². The molecule has 0 amide bonds. The zero-order valence-electron chi connectivity index (χ0n) is 10.5. The molecular formula is C12H14FN5O2. The van der Waals surface area contributed by atoms with Crippen LogP contribution in [0.2, 0.25) is 0 Å². The van der Waals surface area contributed by atoms with Crippen molar-refractivity contribution >= 4 is 17.0 Å². The highest BCUT2D eigenvalue weighted by atomic mass is 19.1. The molecule has 3 atom stereocenters. The quantitative estimate of drug-likeness (QED) is 0.731. The number of anilines is 1. The van der Waals surface area contributed by atoms with Crippen LogP contribution in [-0.4, -0.2) is 42.9 Å². The zero-order valence-corrected chi connectivity index (χ0v) is 10.5. The Morgan fingerprint density at radius 1 is 1.30 bits per heavy atom. The maximum Gasteiger partial charge on any atom is 0.165 e. The average molecular weight is 279 g/mol. The van der Waals surface area contributed by atoms with Crippen molar-refractivity contribution < 1.29 is 14.6 Å². The van der Waals surface area contributed by atoms with Gasteiger partial charge in [0.15, 0.2) is 11.5 Å². The number of halogens is 1. The second-order valence-corrected chi connectivity index (χ2v) is 4.77. The van der Waals surface area contributed by atoms with E-state index in [1.807, 2.05) is 0 Å². The van der Waals surface area contributed by atoms with E-state index in [0.717, 1.165) is 0 Å². The first kappa shape index (κ1) is 12.9. The van der Waals surface area contributed by atoms with E-state index in [-0.39, 0.29) is 30.9 Å². The normalized spacial score (nSPS) is 27.9. The molecule has 0 bridgehead atoms. The summed E-state index contributed by atoms with van der Waals surface area (Å²) >= 11 is 0. The predicted molar refractivity (Wildman–Crippen MR) is 69.1 cm³/mol. The first-order valence-electron chi connectivity index (χ1n) is 6.17. The minimum atomic E-state index is -0.415. The molecule has 0 unspecified atom stereocenters. The number of imidazole rings is 1. The van der Waals surface area contributed by atoms with Gasteiger partial charge in [-0.25, -0.2) is 19.3 Å². The van der Waals surface area contributed by atoms with E-state index in [1.54, 1.807) is 4.57 Å². The van der Waals surface area contributed by atoms with E-state index >= 15 is 0 Å². The molecule has 2 aromatic heterocycles. The molecule has 0 aromatic carbocycles. The molecule has 1 aliphatic rings. The van der Waals surface area contributed by atoms with E-state index in [2.05, 4.69) is 15.0 Å². The molecule has 1 fully saturated rings. The Balaban J connectivity index is 2.09. The Bertz CT molecular complexity index is 671. The summed E-state index contributed by atoms with van der Waals surface area (Å²) in [5.74, 6) is -0.416. The molecule has 0 aliphatic heterocycles. The Morgan fingerprint density at radius 3 is 2.75 bits per heavy atom. The summed E-state index contributed by atoms with van der Waals surface area (Å²) in [6.07, 6.45) is 3.29. The fourth-order valence-corrected chi connectivity index (χ4v) is 2.87. The first-order valence-corrected chi connectivity index (χ1v) is 6.17. The summed E-state index contributed by atoms with van der Waals surface area (Å²) < 4.78 is 14.7. The van der Waals surface area contributed by atoms with Gasteiger partial charge in [0.1, 0.15) is 11.8 Å². The van der Waals surface area contributed by atoms with E-state index in [0.29, 0.717) is 23.1 Å².